The molecule has 1 aliphatic rings. The molecule has 0 spiro atoms. The zero-order valence-corrected chi connectivity index (χ0v) is 14.2. The van der Waals surface area contributed by atoms with Crippen molar-refractivity contribution in [1.29, 1.82) is 5.26 Å². The van der Waals surface area contributed by atoms with Gasteiger partial charge in [-0.15, -0.1) is 0 Å². The molecule has 5 nitrogen and oxygen atoms in total. The van der Waals surface area contributed by atoms with Crippen LogP contribution in [-0.4, -0.2) is 23.3 Å². The van der Waals surface area contributed by atoms with E-state index in [-0.39, 0.29) is 29.0 Å². The molecule has 26 heavy (non-hydrogen) atoms. The van der Waals surface area contributed by atoms with Gasteiger partial charge in [-0.25, -0.2) is 4.98 Å². The minimum atomic E-state index is -4.73. The second-order valence-corrected chi connectivity index (χ2v) is 6.37. The van der Waals surface area contributed by atoms with E-state index in [1.807, 2.05) is 0 Å². The third-order valence-corrected chi connectivity index (χ3v) is 4.60. The topological polar surface area (TPSA) is 72.2 Å². The number of alkyl halides is 3. The molecule has 1 aliphatic heterocycles. The molecule has 0 aliphatic carbocycles. The van der Waals surface area contributed by atoms with Crippen LogP contribution in [0.25, 0.3) is 11.3 Å². The Morgan fingerprint density at radius 2 is 2.04 bits per heavy atom. The van der Waals surface area contributed by atoms with Crippen molar-refractivity contribution in [3.8, 4) is 28.8 Å². The molecule has 0 saturated heterocycles. The lowest BCUT2D eigenvalue weighted by molar-refractivity contribution is -0.138. The zero-order chi connectivity index (χ0) is 18.9. The Hall–Kier alpha value is -2.73. The lowest BCUT2D eigenvalue weighted by Gasteiger charge is -2.14. The Balaban J connectivity index is 2.14. The maximum atomic E-state index is 13.4. The molecular formula is C17H11F3N2O3S. The Bertz CT molecular complexity index is 923. The molecule has 0 radical (unpaired) electrons. The third-order valence-electron chi connectivity index (χ3n) is 3.48. The van der Waals surface area contributed by atoms with Crippen molar-refractivity contribution in [1.82, 2.24) is 4.98 Å². The second-order valence-electron chi connectivity index (χ2n) is 5.40. The normalized spacial score (nSPS) is 12.7. The quantitative estimate of drug-likeness (QED) is 0.745. The minimum absolute atomic E-state index is 0.0284. The molecule has 9 heteroatoms. The number of nitrogens with zero attached hydrogens (tertiary/aromatic N) is 2. The number of ketones is 1. The number of rotatable bonds is 4. The van der Waals surface area contributed by atoms with Crippen molar-refractivity contribution in [2.45, 2.75) is 18.1 Å². The fourth-order valence-corrected chi connectivity index (χ4v) is 3.13. The number of nitriles is 1. The van der Waals surface area contributed by atoms with Crippen molar-refractivity contribution in [3.63, 3.8) is 0 Å². The van der Waals surface area contributed by atoms with Crippen LogP contribution in [0.3, 0.4) is 0 Å². The number of fused-ring (bicyclic) bond motifs is 1. The summed E-state index contributed by atoms with van der Waals surface area (Å²) in [6, 6.07) is 7.04. The summed E-state index contributed by atoms with van der Waals surface area (Å²) >= 11 is 0.805. The molecule has 0 fully saturated rings. The molecule has 0 N–H and O–H groups in total. The van der Waals surface area contributed by atoms with Gasteiger partial charge in [0.1, 0.15) is 16.9 Å². The Morgan fingerprint density at radius 3 is 2.69 bits per heavy atom. The summed E-state index contributed by atoms with van der Waals surface area (Å²) in [7, 11) is 0. The molecule has 0 unspecified atom stereocenters. The van der Waals surface area contributed by atoms with Gasteiger partial charge in [0, 0.05) is 5.56 Å². The molecule has 2 aromatic rings. The van der Waals surface area contributed by atoms with E-state index in [2.05, 4.69) is 4.98 Å². The molecule has 134 valence electrons. The van der Waals surface area contributed by atoms with Crippen molar-refractivity contribution in [2.24, 2.45) is 0 Å². The molecule has 3 rings (SSSR count). The summed E-state index contributed by atoms with van der Waals surface area (Å²) in [4.78, 5) is 15.4. The van der Waals surface area contributed by atoms with E-state index in [0.29, 0.717) is 17.1 Å². The monoisotopic (exact) mass is 380 g/mol. The van der Waals surface area contributed by atoms with E-state index in [9.17, 15) is 23.2 Å². The van der Waals surface area contributed by atoms with Gasteiger partial charge in [0.15, 0.2) is 11.5 Å². The Morgan fingerprint density at radius 1 is 1.31 bits per heavy atom. The van der Waals surface area contributed by atoms with E-state index < -0.39 is 17.3 Å². The number of thioether (sulfide) groups is 1. The number of ether oxygens (including phenoxy) is 2. The lowest BCUT2D eigenvalue weighted by atomic mass is 10.0. The maximum absolute atomic E-state index is 13.4. The van der Waals surface area contributed by atoms with Gasteiger partial charge in [0.25, 0.3) is 0 Å². The smallest absolute Gasteiger partial charge is 0.417 e. The highest BCUT2D eigenvalue weighted by Gasteiger charge is 2.36. The maximum Gasteiger partial charge on any atom is 0.417 e. The zero-order valence-electron chi connectivity index (χ0n) is 13.4. The van der Waals surface area contributed by atoms with Crippen LogP contribution < -0.4 is 9.47 Å². The van der Waals surface area contributed by atoms with Gasteiger partial charge in [-0.05, 0) is 31.2 Å². The number of hydrogen-bond acceptors (Lipinski definition) is 6. The fraction of sp³-hybridized carbons (Fsp3) is 0.235. The summed E-state index contributed by atoms with van der Waals surface area (Å²) in [6.07, 6.45) is -4.73. The molecule has 0 bridgehead atoms. The number of pyridine rings is 1. The van der Waals surface area contributed by atoms with Crippen molar-refractivity contribution in [2.75, 3.05) is 12.5 Å². The highest BCUT2D eigenvalue weighted by Crippen LogP contribution is 2.40. The van der Waals surface area contributed by atoms with Gasteiger partial charge in [-0.2, -0.15) is 18.4 Å². The molecule has 1 aromatic carbocycles. The highest BCUT2D eigenvalue weighted by atomic mass is 32.2. The summed E-state index contributed by atoms with van der Waals surface area (Å²) in [5.41, 5.74) is -1.27. The van der Waals surface area contributed by atoms with Crippen LogP contribution >= 0.6 is 11.8 Å². The van der Waals surface area contributed by atoms with Gasteiger partial charge in [0.2, 0.25) is 6.79 Å². The third kappa shape index (κ3) is 3.60. The molecule has 0 amide bonds. The average molecular weight is 380 g/mol. The summed E-state index contributed by atoms with van der Waals surface area (Å²) in [5.74, 6) is 0.580. The molecule has 0 saturated carbocycles. The van der Waals surface area contributed by atoms with Crippen LogP contribution in [0, 0.1) is 11.3 Å². The first-order valence-electron chi connectivity index (χ1n) is 7.34. The van der Waals surface area contributed by atoms with Crippen LogP contribution in [0.2, 0.25) is 0 Å². The molecule has 0 atom stereocenters. The Labute approximate surface area is 150 Å². The Kier molecular flexibility index (Phi) is 4.78. The van der Waals surface area contributed by atoms with Crippen LogP contribution in [0.1, 0.15) is 18.1 Å². The molecule has 1 aromatic heterocycles. The van der Waals surface area contributed by atoms with Gasteiger partial charge >= 0.3 is 6.18 Å². The van der Waals surface area contributed by atoms with Gasteiger partial charge < -0.3 is 9.47 Å². The van der Waals surface area contributed by atoms with Crippen molar-refractivity contribution < 1.29 is 27.4 Å². The van der Waals surface area contributed by atoms with Gasteiger partial charge in [0.05, 0.1) is 22.6 Å². The van der Waals surface area contributed by atoms with Crippen LogP contribution in [-0.2, 0) is 11.0 Å². The van der Waals surface area contributed by atoms with E-state index in [1.165, 1.54) is 13.0 Å². The lowest BCUT2D eigenvalue weighted by Crippen LogP contribution is -2.11. The van der Waals surface area contributed by atoms with E-state index in [4.69, 9.17) is 9.47 Å². The standard InChI is InChI=1S/C17H11F3N2O3S/c1-9(23)7-26-16-11(6-21)12(17(18,19)20)5-13(22-16)10-2-3-14-15(4-10)25-8-24-14/h2-5H,7-8H2,1H3. The second kappa shape index (κ2) is 6.88. The first kappa shape index (κ1) is 18.1. The predicted octanol–water partition coefficient (Wildman–Crippen LogP) is 4.05. The highest BCUT2D eigenvalue weighted by molar-refractivity contribution is 8.00. The van der Waals surface area contributed by atoms with E-state index in [1.54, 1.807) is 18.2 Å². The average Bonchev–Trinajstić information content (AvgIpc) is 3.05. The SMILES string of the molecule is CC(=O)CSc1nc(-c2ccc3c(c2)OCO3)cc(C(F)(F)F)c1C#N. The van der Waals surface area contributed by atoms with Crippen LogP contribution in [0.5, 0.6) is 11.5 Å². The predicted molar refractivity (Wildman–Crippen MR) is 86.9 cm³/mol. The number of Topliss-reactive ketones (excluding diaryl/α,β-unsaturated/α-hetero) is 1. The first-order valence-corrected chi connectivity index (χ1v) is 8.32. The van der Waals surface area contributed by atoms with Gasteiger partial charge in [-0.3, -0.25) is 4.79 Å². The number of halogens is 3. The van der Waals surface area contributed by atoms with E-state index in [0.717, 1.165) is 17.8 Å². The number of hydrogen-bond donors (Lipinski definition) is 0. The minimum Gasteiger partial charge on any atom is -0.454 e. The van der Waals surface area contributed by atoms with Crippen LogP contribution in [0.15, 0.2) is 29.3 Å². The molecule has 2 heterocycles. The van der Waals surface area contributed by atoms with Crippen LogP contribution in [0.4, 0.5) is 13.2 Å². The summed E-state index contributed by atoms with van der Waals surface area (Å²) in [6.45, 7) is 1.35. The number of aromatic nitrogens is 1. The van der Waals surface area contributed by atoms with Crippen molar-refractivity contribution >= 4 is 17.5 Å². The fourth-order valence-electron chi connectivity index (χ4n) is 2.33. The number of benzene rings is 1. The summed E-state index contributed by atoms with van der Waals surface area (Å²) < 4.78 is 50.7. The first-order chi connectivity index (χ1) is 12.3. The largest absolute Gasteiger partial charge is 0.454 e. The van der Waals surface area contributed by atoms with Gasteiger partial charge in [-0.1, -0.05) is 11.8 Å². The van der Waals surface area contributed by atoms with Crippen molar-refractivity contribution in [3.05, 3.63) is 35.4 Å². The number of carbonyl (C=O) groups is 1. The summed E-state index contributed by atoms with van der Waals surface area (Å²) in [5, 5.41) is 9.06. The van der Waals surface area contributed by atoms with E-state index >= 15 is 0 Å². The number of carbonyl (C=O) groups excluding carboxylic acids is 1. The molecular weight excluding hydrogens is 369 g/mol.